The Kier molecular flexibility index (Phi) is 9.73. The Bertz CT molecular complexity index is 2000. The number of benzene rings is 3. The highest BCUT2D eigenvalue weighted by Gasteiger charge is 2.35. The number of aromatic nitrogens is 2. The summed E-state index contributed by atoms with van der Waals surface area (Å²) in [6.07, 6.45) is -2.26. The van der Waals surface area contributed by atoms with Crippen LogP contribution in [0.15, 0.2) is 76.3 Å². The lowest BCUT2D eigenvalue weighted by Gasteiger charge is -2.30. The number of ether oxygens (including phenoxy) is 1. The predicted octanol–water partition coefficient (Wildman–Crippen LogP) is 5.39. The molecule has 47 heavy (non-hydrogen) atoms. The first-order valence-electron chi connectivity index (χ1n) is 14.6. The highest BCUT2D eigenvalue weighted by molar-refractivity contribution is 7.88. The quantitative estimate of drug-likeness (QED) is 0.222. The summed E-state index contributed by atoms with van der Waals surface area (Å²) in [4.78, 5) is 27.7. The van der Waals surface area contributed by atoms with Crippen LogP contribution < -0.4 is 16.0 Å². The van der Waals surface area contributed by atoms with Gasteiger partial charge in [-0.05, 0) is 43.5 Å². The largest absolute Gasteiger partial charge is 0.487 e. The van der Waals surface area contributed by atoms with Crippen LogP contribution in [0.4, 0.5) is 22.0 Å². The van der Waals surface area contributed by atoms with E-state index < -0.39 is 62.9 Å². The third kappa shape index (κ3) is 7.33. The summed E-state index contributed by atoms with van der Waals surface area (Å²) < 4.78 is 105. The molecular weight excluding hydrogens is 645 g/mol. The molecule has 2 heterocycles. The first-order valence-corrected chi connectivity index (χ1v) is 16.5. The third-order valence-electron chi connectivity index (χ3n) is 8.13. The summed E-state index contributed by atoms with van der Waals surface area (Å²) in [5.74, 6) is -2.39. The summed E-state index contributed by atoms with van der Waals surface area (Å²) in [7, 11) is -3.40. The molecule has 1 radical (unpaired) electrons. The van der Waals surface area contributed by atoms with Crippen molar-refractivity contribution in [2.24, 2.45) is 0 Å². The average molecular weight is 677 g/mol. The van der Waals surface area contributed by atoms with Gasteiger partial charge in [-0.15, -0.1) is 0 Å². The highest BCUT2D eigenvalue weighted by Crippen LogP contribution is 2.35. The Morgan fingerprint density at radius 3 is 2.21 bits per heavy atom. The molecule has 4 aromatic rings. The Labute approximate surface area is 267 Å². The van der Waals surface area contributed by atoms with Crippen molar-refractivity contribution in [3.8, 4) is 16.9 Å². The van der Waals surface area contributed by atoms with E-state index in [4.69, 9.17) is 4.74 Å². The van der Waals surface area contributed by atoms with Crippen LogP contribution in [0.1, 0.15) is 35.2 Å². The van der Waals surface area contributed by atoms with E-state index in [1.807, 2.05) is 0 Å². The zero-order chi connectivity index (χ0) is 34.1. The molecule has 1 aliphatic heterocycles. The van der Waals surface area contributed by atoms with Crippen LogP contribution in [0.5, 0.6) is 5.75 Å². The summed E-state index contributed by atoms with van der Waals surface area (Å²) >= 11 is 0. The molecule has 8 nitrogen and oxygen atoms in total. The van der Waals surface area contributed by atoms with Crippen molar-refractivity contribution < 1.29 is 35.1 Å². The molecule has 1 aliphatic rings. The van der Waals surface area contributed by atoms with Crippen molar-refractivity contribution in [2.45, 2.75) is 45.1 Å². The fourth-order valence-corrected chi connectivity index (χ4v) is 6.52. The molecule has 5 rings (SSSR count). The summed E-state index contributed by atoms with van der Waals surface area (Å²) in [5, 5.41) is 0. The maximum absolute atomic E-state index is 16.2. The van der Waals surface area contributed by atoms with Crippen LogP contribution in [0.3, 0.4) is 0 Å². The molecule has 0 amide bonds. The minimum Gasteiger partial charge on any atom is -0.487 e. The van der Waals surface area contributed by atoms with E-state index in [-0.39, 0.29) is 55.0 Å². The van der Waals surface area contributed by atoms with Gasteiger partial charge >= 0.3 is 11.9 Å². The van der Waals surface area contributed by atoms with Crippen LogP contribution in [0.2, 0.25) is 0 Å². The van der Waals surface area contributed by atoms with Crippen LogP contribution >= 0.6 is 0 Å². The molecule has 3 aromatic carbocycles. The van der Waals surface area contributed by atoms with Crippen LogP contribution in [0, 0.1) is 25.0 Å². The predicted molar refractivity (Wildman–Crippen MR) is 166 cm³/mol. The lowest BCUT2D eigenvalue weighted by Crippen LogP contribution is -2.43. The summed E-state index contributed by atoms with van der Waals surface area (Å²) in [6.45, 7) is 0.433. The third-order valence-corrected chi connectivity index (χ3v) is 9.44. The molecule has 1 fully saturated rings. The molecule has 0 bridgehead atoms. The Morgan fingerprint density at radius 2 is 1.57 bits per heavy atom. The normalized spacial score (nSPS) is 14.8. The van der Waals surface area contributed by atoms with Gasteiger partial charge in [-0.2, -0.15) is 13.2 Å². The maximum atomic E-state index is 16.2. The van der Waals surface area contributed by atoms with Gasteiger partial charge in [0.15, 0.2) is 11.6 Å². The van der Waals surface area contributed by atoms with E-state index in [1.54, 1.807) is 36.8 Å². The lowest BCUT2D eigenvalue weighted by molar-refractivity contribution is -0.138. The van der Waals surface area contributed by atoms with E-state index in [0.717, 1.165) is 27.5 Å². The molecule has 0 spiro atoms. The Balaban J connectivity index is 1.61. The van der Waals surface area contributed by atoms with Crippen molar-refractivity contribution in [1.29, 1.82) is 0 Å². The monoisotopic (exact) mass is 676 g/mol. The highest BCUT2D eigenvalue weighted by atomic mass is 32.2. The number of hydrogen-bond acceptors (Lipinski definition) is 5. The fourth-order valence-electron chi connectivity index (χ4n) is 5.64. The number of alkyl halides is 3. The molecule has 249 valence electrons. The average Bonchev–Trinajstić information content (AvgIpc) is 3.01. The second-order valence-electron chi connectivity index (χ2n) is 11.2. The van der Waals surface area contributed by atoms with Crippen molar-refractivity contribution in [3.05, 3.63) is 128 Å². The molecule has 0 atom stereocenters. The summed E-state index contributed by atoms with van der Waals surface area (Å²) in [6, 6.07) is 15.1. The van der Waals surface area contributed by atoms with Gasteiger partial charge in [0.2, 0.25) is 10.0 Å². The topological polar surface area (TPSA) is 90.6 Å². The molecule has 0 aliphatic carbocycles. The number of rotatable bonds is 9. The van der Waals surface area contributed by atoms with Gasteiger partial charge < -0.3 is 4.74 Å². The standard InChI is InChI=1S/C33H31F5N3O5S/c1-21-29(24-10-6-13-28(30(24)35)46-23-15-17-39(18-16-23)47(2,44)45)31(42)40(19-14-22-8-4-3-5-9-22)32(43)41(21)20-25-26(33(36,37)38)11-7-12-27(25)34/h3-14,23H,15-20H2,1-2H3. The van der Waals surface area contributed by atoms with E-state index in [9.17, 15) is 35.6 Å². The van der Waals surface area contributed by atoms with Gasteiger partial charge in [0.1, 0.15) is 11.9 Å². The van der Waals surface area contributed by atoms with Gasteiger partial charge in [0, 0.05) is 42.9 Å². The van der Waals surface area contributed by atoms with Gasteiger partial charge in [-0.1, -0.05) is 48.5 Å². The fraction of sp³-hybridized carbons (Fsp3) is 0.303. The van der Waals surface area contributed by atoms with Gasteiger partial charge in [-0.3, -0.25) is 13.9 Å². The molecule has 1 saturated heterocycles. The van der Waals surface area contributed by atoms with Gasteiger partial charge in [0.05, 0.1) is 23.9 Å². The second kappa shape index (κ2) is 13.4. The molecular formula is C33H31F5N3O5S. The number of nitrogens with zero attached hydrogens (tertiary/aromatic N) is 3. The number of sulfonamides is 1. The van der Waals surface area contributed by atoms with Crippen LogP contribution in [0.25, 0.3) is 11.1 Å². The minimum atomic E-state index is -4.94. The maximum Gasteiger partial charge on any atom is 0.416 e. The zero-order valence-electron chi connectivity index (χ0n) is 25.4. The smallest absolute Gasteiger partial charge is 0.416 e. The Hall–Kier alpha value is -4.30. The number of hydrogen-bond donors (Lipinski definition) is 0. The van der Waals surface area contributed by atoms with Gasteiger partial charge in [0.25, 0.3) is 5.56 Å². The van der Waals surface area contributed by atoms with E-state index in [1.165, 1.54) is 29.4 Å². The first kappa shape index (κ1) is 34.0. The first-order chi connectivity index (χ1) is 22.2. The molecule has 14 heteroatoms. The molecule has 0 unspecified atom stereocenters. The molecule has 0 saturated carbocycles. The van der Waals surface area contributed by atoms with Crippen molar-refractivity contribution in [2.75, 3.05) is 19.3 Å². The zero-order valence-corrected chi connectivity index (χ0v) is 26.2. The number of piperidine rings is 1. The second-order valence-corrected chi connectivity index (χ2v) is 13.2. The number of halogens is 5. The van der Waals surface area contributed by atoms with E-state index >= 15 is 4.39 Å². The summed E-state index contributed by atoms with van der Waals surface area (Å²) in [5.41, 5.74) is -4.14. The lowest BCUT2D eigenvalue weighted by atomic mass is 10.0. The Morgan fingerprint density at radius 1 is 0.915 bits per heavy atom. The van der Waals surface area contributed by atoms with Crippen LogP contribution in [-0.2, 0) is 29.3 Å². The van der Waals surface area contributed by atoms with E-state index in [2.05, 4.69) is 0 Å². The van der Waals surface area contributed by atoms with Crippen molar-refractivity contribution >= 4 is 10.0 Å². The van der Waals surface area contributed by atoms with E-state index in [0.29, 0.717) is 11.6 Å². The van der Waals surface area contributed by atoms with Crippen molar-refractivity contribution in [1.82, 2.24) is 13.4 Å². The van der Waals surface area contributed by atoms with Gasteiger partial charge in [-0.25, -0.2) is 26.3 Å². The molecule has 0 N–H and O–H groups in total. The SMILES string of the molecule is Cc1c(-c2cccc(OC3CCN(S(C)(=O)=O)CC3)c2F)c(=O)n(C[CH]c2ccccc2)c(=O)n1Cc1c(F)cccc1C(F)(F)F. The van der Waals surface area contributed by atoms with Crippen molar-refractivity contribution in [3.63, 3.8) is 0 Å². The molecule has 1 aromatic heterocycles. The van der Waals surface area contributed by atoms with Crippen LogP contribution in [-0.4, -0.2) is 47.3 Å². The minimum absolute atomic E-state index is 0.174.